The lowest BCUT2D eigenvalue weighted by Gasteiger charge is -2.08. The maximum absolute atomic E-state index is 12.2. The number of benzene rings is 1. The van der Waals surface area contributed by atoms with Gasteiger partial charge in [0, 0.05) is 17.1 Å². The molecule has 0 aliphatic carbocycles. The lowest BCUT2D eigenvalue weighted by atomic mass is 10.1. The molecule has 3 heteroatoms. The molecule has 0 bridgehead atoms. The van der Waals surface area contributed by atoms with E-state index in [0.717, 1.165) is 22.6 Å². The van der Waals surface area contributed by atoms with E-state index >= 15 is 0 Å². The van der Waals surface area contributed by atoms with Gasteiger partial charge in [-0.25, -0.2) is 0 Å². The Balaban J connectivity index is 1.78. The van der Waals surface area contributed by atoms with Gasteiger partial charge in [0.1, 0.15) is 0 Å². The van der Waals surface area contributed by atoms with Crippen LogP contribution in [-0.2, 0) is 18.6 Å². The quantitative estimate of drug-likeness (QED) is 0.788. The molecule has 2 aromatic rings. The number of thioether (sulfide) groups is 1. The Morgan fingerprint density at radius 3 is 2.83 bits per heavy atom. The average molecular weight is 274 g/mol. The molecule has 92 valence electrons. The van der Waals surface area contributed by atoms with Crippen LogP contribution in [0.1, 0.15) is 25.7 Å². The minimum absolute atomic E-state index is 0.255. The topological polar surface area (TPSA) is 17.1 Å². The highest BCUT2D eigenvalue weighted by atomic mass is 32.2. The zero-order valence-corrected chi connectivity index (χ0v) is 11.7. The van der Waals surface area contributed by atoms with Gasteiger partial charge in [-0.3, -0.25) is 4.79 Å². The molecule has 0 saturated heterocycles. The van der Waals surface area contributed by atoms with Crippen molar-refractivity contribution in [3.63, 3.8) is 0 Å². The number of rotatable bonds is 3. The van der Waals surface area contributed by atoms with Gasteiger partial charge in [0.15, 0.2) is 5.78 Å². The van der Waals surface area contributed by atoms with E-state index in [4.69, 9.17) is 0 Å². The summed E-state index contributed by atoms with van der Waals surface area (Å²) in [7, 11) is 0. The second-order valence-corrected chi connectivity index (χ2v) is 6.69. The Labute approximate surface area is 115 Å². The number of carbonyl (C=O) groups is 1. The Morgan fingerprint density at radius 2 is 2.06 bits per heavy atom. The Bertz CT molecular complexity index is 534. The summed E-state index contributed by atoms with van der Waals surface area (Å²) in [5.41, 5.74) is 2.48. The number of carbonyl (C=O) groups excluding carboxylic acids is 1. The number of hydrogen-bond donors (Lipinski definition) is 0. The predicted octanol–water partition coefficient (Wildman–Crippen LogP) is 3.96. The lowest BCUT2D eigenvalue weighted by Crippen LogP contribution is -2.00. The minimum Gasteiger partial charge on any atom is -0.293 e. The Kier molecular flexibility index (Phi) is 3.52. The standard InChI is InChI=1S/C15H14OS2/c16-13(8-11-4-2-1-3-5-11)15-9-12-10-17-7-6-14(12)18-15/h1-5,9H,6-8,10H2. The van der Waals surface area contributed by atoms with Crippen molar-refractivity contribution in [1.29, 1.82) is 0 Å². The summed E-state index contributed by atoms with van der Waals surface area (Å²) in [6.07, 6.45) is 1.65. The van der Waals surface area contributed by atoms with Gasteiger partial charge in [-0.15, -0.1) is 11.3 Å². The third kappa shape index (κ3) is 2.52. The zero-order chi connectivity index (χ0) is 12.4. The van der Waals surface area contributed by atoms with Crippen LogP contribution in [0.2, 0.25) is 0 Å². The molecule has 1 aliphatic rings. The van der Waals surface area contributed by atoms with Crippen molar-refractivity contribution in [3.05, 3.63) is 57.3 Å². The van der Waals surface area contributed by atoms with Crippen LogP contribution in [0.3, 0.4) is 0 Å². The molecule has 0 fully saturated rings. The number of hydrogen-bond acceptors (Lipinski definition) is 3. The number of fused-ring (bicyclic) bond motifs is 1. The molecule has 18 heavy (non-hydrogen) atoms. The van der Waals surface area contributed by atoms with Crippen LogP contribution in [0.5, 0.6) is 0 Å². The Hall–Kier alpha value is -1.06. The van der Waals surface area contributed by atoms with E-state index in [2.05, 4.69) is 6.07 Å². The van der Waals surface area contributed by atoms with Crippen LogP contribution in [0.15, 0.2) is 36.4 Å². The van der Waals surface area contributed by atoms with Crippen molar-refractivity contribution in [2.24, 2.45) is 0 Å². The van der Waals surface area contributed by atoms with Gasteiger partial charge < -0.3 is 0 Å². The molecule has 0 saturated carbocycles. The highest BCUT2D eigenvalue weighted by Crippen LogP contribution is 2.32. The fraction of sp³-hybridized carbons (Fsp3) is 0.267. The summed E-state index contributed by atoms with van der Waals surface area (Å²) >= 11 is 3.66. The first kappa shape index (κ1) is 12.0. The largest absolute Gasteiger partial charge is 0.293 e. The third-order valence-electron chi connectivity index (χ3n) is 3.11. The number of Topliss-reactive ketones (excluding diaryl/α,β-unsaturated/α-hetero) is 1. The summed E-state index contributed by atoms with van der Waals surface area (Å²) < 4.78 is 0. The van der Waals surface area contributed by atoms with Gasteiger partial charge >= 0.3 is 0 Å². The van der Waals surface area contributed by atoms with Crippen molar-refractivity contribution in [2.75, 3.05) is 5.75 Å². The molecule has 0 N–H and O–H groups in total. The molecule has 1 nitrogen and oxygen atoms in total. The maximum atomic E-state index is 12.2. The van der Waals surface area contributed by atoms with Crippen molar-refractivity contribution in [1.82, 2.24) is 0 Å². The van der Waals surface area contributed by atoms with Gasteiger partial charge in [0.05, 0.1) is 4.88 Å². The van der Waals surface area contributed by atoms with Crippen molar-refractivity contribution < 1.29 is 4.79 Å². The third-order valence-corrected chi connectivity index (χ3v) is 5.40. The summed E-state index contributed by atoms with van der Waals surface area (Å²) in [5, 5.41) is 0. The van der Waals surface area contributed by atoms with Gasteiger partial charge in [0.2, 0.25) is 0 Å². The zero-order valence-electron chi connectivity index (χ0n) is 10.0. The van der Waals surface area contributed by atoms with E-state index in [9.17, 15) is 4.79 Å². The van der Waals surface area contributed by atoms with Gasteiger partial charge in [-0.1, -0.05) is 30.3 Å². The fourth-order valence-corrected chi connectivity index (χ4v) is 4.46. The summed E-state index contributed by atoms with van der Waals surface area (Å²) in [6, 6.07) is 12.1. The normalized spacial score (nSPS) is 14.2. The summed E-state index contributed by atoms with van der Waals surface area (Å²) in [4.78, 5) is 14.6. The van der Waals surface area contributed by atoms with Crippen molar-refractivity contribution >= 4 is 28.9 Å². The lowest BCUT2D eigenvalue weighted by molar-refractivity contribution is 0.0997. The molecule has 0 atom stereocenters. The van der Waals surface area contributed by atoms with Crippen LogP contribution < -0.4 is 0 Å². The minimum atomic E-state index is 0.255. The van der Waals surface area contributed by atoms with Gasteiger partial charge in [-0.05, 0) is 29.4 Å². The molecule has 1 aromatic heterocycles. The number of aryl methyl sites for hydroxylation is 1. The monoisotopic (exact) mass is 274 g/mol. The molecular weight excluding hydrogens is 260 g/mol. The molecule has 0 radical (unpaired) electrons. The van der Waals surface area contributed by atoms with E-state index in [1.807, 2.05) is 42.1 Å². The molecule has 1 aromatic carbocycles. The van der Waals surface area contributed by atoms with E-state index in [1.54, 1.807) is 11.3 Å². The summed E-state index contributed by atoms with van der Waals surface area (Å²) in [6.45, 7) is 0. The summed E-state index contributed by atoms with van der Waals surface area (Å²) in [5.74, 6) is 2.52. The SMILES string of the molecule is O=C(Cc1ccccc1)c1cc2c(s1)CCSC2. The van der Waals surface area contributed by atoms with Gasteiger partial charge in [-0.2, -0.15) is 11.8 Å². The molecule has 1 aliphatic heterocycles. The maximum Gasteiger partial charge on any atom is 0.177 e. The second-order valence-electron chi connectivity index (χ2n) is 4.45. The molecule has 0 spiro atoms. The first-order valence-electron chi connectivity index (χ1n) is 6.09. The van der Waals surface area contributed by atoms with Crippen LogP contribution in [0, 0.1) is 0 Å². The molecule has 0 amide bonds. The van der Waals surface area contributed by atoms with Crippen LogP contribution >= 0.6 is 23.1 Å². The van der Waals surface area contributed by atoms with Crippen LogP contribution in [0.25, 0.3) is 0 Å². The van der Waals surface area contributed by atoms with Crippen LogP contribution in [-0.4, -0.2) is 11.5 Å². The average Bonchev–Trinajstić information content (AvgIpc) is 2.84. The van der Waals surface area contributed by atoms with Crippen molar-refractivity contribution in [3.8, 4) is 0 Å². The predicted molar refractivity (Wildman–Crippen MR) is 78.7 cm³/mol. The van der Waals surface area contributed by atoms with E-state index < -0.39 is 0 Å². The highest BCUT2D eigenvalue weighted by molar-refractivity contribution is 7.98. The van der Waals surface area contributed by atoms with E-state index in [1.165, 1.54) is 16.2 Å². The molecular formula is C15H14OS2. The molecule has 0 unspecified atom stereocenters. The fourth-order valence-electron chi connectivity index (χ4n) is 2.15. The first-order valence-corrected chi connectivity index (χ1v) is 8.06. The number of ketones is 1. The second kappa shape index (κ2) is 5.29. The van der Waals surface area contributed by atoms with Crippen LogP contribution in [0.4, 0.5) is 0 Å². The smallest absolute Gasteiger partial charge is 0.177 e. The first-order chi connectivity index (χ1) is 8.83. The van der Waals surface area contributed by atoms with E-state index in [-0.39, 0.29) is 5.78 Å². The molecule has 3 rings (SSSR count). The number of thiophene rings is 1. The Morgan fingerprint density at radius 1 is 1.22 bits per heavy atom. The highest BCUT2D eigenvalue weighted by Gasteiger charge is 2.17. The van der Waals surface area contributed by atoms with E-state index in [0.29, 0.717) is 6.42 Å². The molecule has 2 heterocycles. The van der Waals surface area contributed by atoms with Gasteiger partial charge in [0.25, 0.3) is 0 Å². The van der Waals surface area contributed by atoms with Crippen molar-refractivity contribution in [2.45, 2.75) is 18.6 Å².